The van der Waals surface area contributed by atoms with Gasteiger partial charge in [-0.25, -0.2) is 19.6 Å². The first-order chi connectivity index (χ1) is 11.7. The maximum Gasteiger partial charge on any atom is 0.379 e. The molecule has 0 fully saturated rings. The van der Waals surface area contributed by atoms with Crippen molar-refractivity contribution in [1.82, 2.24) is 13.8 Å². The molecule has 3 aromatic heterocycles. The third kappa shape index (κ3) is 1.59. The zero-order valence-electron chi connectivity index (χ0n) is 12.4. The molecule has 0 bridgehead atoms. The lowest BCUT2D eigenvalue weighted by molar-refractivity contribution is -0.320. The molecule has 0 aliphatic heterocycles. The standard InChI is InChI=1S/C18H10N4O2/c23-16-11-5-1-4-8-14(11)20-18-21(16)10-9-15-19-13-7-3-2-6-12(13)17(24)22(15)18/h1-10H/p+1. The molecule has 0 saturated heterocycles. The number of benzene rings is 2. The topological polar surface area (TPSA) is 70.0 Å². The normalized spacial score (nSPS) is 11.7. The van der Waals surface area contributed by atoms with Gasteiger partial charge >= 0.3 is 16.9 Å². The predicted molar refractivity (Wildman–Crippen MR) is 90.3 cm³/mol. The summed E-state index contributed by atoms with van der Waals surface area (Å²) >= 11 is 0. The van der Waals surface area contributed by atoms with Gasteiger partial charge in [-0.1, -0.05) is 24.3 Å². The van der Waals surface area contributed by atoms with E-state index < -0.39 is 0 Å². The monoisotopic (exact) mass is 315 g/mol. The van der Waals surface area contributed by atoms with Crippen molar-refractivity contribution in [2.24, 2.45) is 0 Å². The van der Waals surface area contributed by atoms with E-state index in [1.54, 1.807) is 36.5 Å². The molecule has 0 atom stereocenters. The molecule has 0 spiro atoms. The minimum atomic E-state index is -0.209. The van der Waals surface area contributed by atoms with E-state index in [4.69, 9.17) is 0 Å². The van der Waals surface area contributed by atoms with Crippen LogP contribution in [-0.4, -0.2) is 13.8 Å². The van der Waals surface area contributed by atoms with Crippen LogP contribution in [0.2, 0.25) is 0 Å². The molecule has 0 radical (unpaired) electrons. The van der Waals surface area contributed by atoms with Crippen molar-refractivity contribution in [3.05, 3.63) is 81.5 Å². The fourth-order valence-electron chi connectivity index (χ4n) is 3.09. The number of nitrogens with zero attached hydrogens (tertiary/aromatic N) is 3. The molecule has 0 aliphatic carbocycles. The van der Waals surface area contributed by atoms with Gasteiger partial charge in [0.05, 0.1) is 22.5 Å². The molecule has 0 unspecified atom stereocenters. The predicted octanol–water partition coefficient (Wildman–Crippen LogP) is 1.43. The lowest BCUT2D eigenvalue weighted by Crippen LogP contribution is -2.30. The van der Waals surface area contributed by atoms with Crippen LogP contribution in [0.15, 0.2) is 70.4 Å². The number of H-pyrrole nitrogens is 1. The Morgan fingerprint density at radius 3 is 2.46 bits per heavy atom. The molecule has 6 nitrogen and oxygen atoms in total. The van der Waals surface area contributed by atoms with Gasteiger partial charge in [0.2, 0.25) is 5.65 Å². The Labute approximate surface area is 134 Å². The molecule has 2 aromatic carbocycles. The summed E-state index contributed by atoms with van der Waals surface area (Å²) in [5, 5.41) is 1.08. The lowest BCUT2D eigenvalue weighted by atomic mass is 10.2. The highest BCUT2D eigenvalue weighted by atomic mass is 16.1. The molecule has 6 heteroatoms. The maximum absolute atomic E-state index is 12.9. The number of hydrogen-bond acceptors (Lipinski definition) is 3. The number of fused-ring (bicyclic) bond motifs is 5. The average Bonchev–Trinajstić information content (AvgIpc) is 2.62. The van der Waals surface area contributed by atoms with Crippen LogP contribution in [0.4, 0.5) is 0 Å². The summed E-state index contributed by atoms with van der Waals surface area (Å²) in [6, 6.07) is 16.1. The van der Waals surface area contributed by atoms with Gasteiger partial charge in [-0.15, -0.1) is 4.40 Å². The van der Waals surface area contributed by atoms with Crippen LogP contribution in [0.5, 0.6) is 0 Å². The summed E-state index contributed by atoms with van der Waals surface area (Å²) in [5.41, 5.74) is 1.41. The third-order valence-electron chi connectivity index (χ3n) is 4.24. The second-order valence-corrected chi connectivity index (χ2v) is 5.61. The number of nitrogens with one attached hydrogen (secondary N) is 1. The van der Waals surface area contributed by atoms with E-state index in [-0.39, 0.29) is 11.1 Å². The van der Waals surface area contributed by atoms with Gasteiger partial charge in [0, 0.05) is 6.07 Å². The van der Waals surface area contributed by atoms with E-state index in [1.165, 1.54) is 8.80 Å². The molecular formula is C18H11N4O2+. The Morgan fingerprint density at radius 2 is 1.58 bits per heavy atom. The van der Waals surface area contributed by atoms with E-state index in [9.17, 15) is 9.59 Å². The molecule has 1 N–H and O–H groups in total. The third-order valence-corrected chi connectivity index (χ3v) is 4.24. The van der Waals surface area contributed by atoms with Crippen LogP contribution in [-0.2, 0) is 0 Å². The SMILES string of the molecule is O=c1c2ccccc2[nH+]c2n1ccc1nc3ccccc3c(=O)n12. The molecule has 24 heavy (non-hydrogen) atoms. The second kappa shape index (κ2) is 4.48. The Kier molecular flexibility index (Phi) is 2.42. The van der Waals surface area contributed by atoms with Crippen molar-refractivity contribution < 1.29 is 4.98 Å². The van der Waals surface area contributed by atoms with E-state index >= 15 is 0 Å². The van der Waals surface area contributed by atoms with Crippen LogP contribution in [0.3, 0.4) is 0 Å². The summed E-state index contributed by atoms with van der Waals surface area (Å²) in [5.74, 6) is 0.388. The van der Waals surface area contributed by atoms with Crippen molar-refractivity contribution in [2.75, 3.05) is 0 Å². The Morgan fingerprint density at radius 1 is 0.833 bits per heavy atom. The minimum Gasteiger partial charge on any atom is -0.250 e. The molecule has 0 saturated carbocycles. The highest BCUT2D eigenvalue weighted by Crippen LogP contribution is 2.10. The largest absolute Gasteiger partial charge is 0.379 e. The van der Waals surface area contributed by atoms with Crippen molar-refractivity contribution >= 4 is 33.2 Å². The first-order valence-electron chi connectivity index (χ1n) is 7.51. The highest BCUT2D eigenvalue weighted by molar-refractivity contribution is 5.80. The van der Waals surface area contributed by atoms with Crippen LogP contribution in [0, 0.1) is 0 Å². The van der Waals surface area contributed by atoms with Gasteiger partial charge in [0.25, 0.3) is 0 Å². The Balaban J connectivity index is 2.13. The first-order valence-corrected chi connectivity index (χ1v) is 7.51. The van der Waals surface area contributed by atoms with E-state index in [1.807, 2.05) is 24.3 Å². The minimum absolute atomic E-state index is 0.179. The van der Waals surface area contributed by atoms with Gasteiger partial charge in [0.15, 0.2) is 0 Å². The summed E-state index contributed by atoms with van der Waals surface area (Å²) in [4.78, 5) is 33.4. The number of aromatic amines is 1. The fourth-order valence-corrected chi connectivity index (χ4v) is 3.09. The van der Waals surface area contributed by atoms with Gasteiger partial charge in [-0.2, -0.15) is 4.40 Å². The maximum atomic E-state index is 12.9. The van der Waals surface area contributed by atoms with Crippen molar-refractivity contribution in [2.45, 2.75) is 0 Å². The average molecular weight is 315 g/mol. The van der Waals surface area contributed by atoms with Crippen LogP contribution < -0.4 is 16.1 Å². The van der Waals surface area contributed by atoms with Crippen LogP contribution >= 0.6 is 0 Å². The van der Waals surface area contributed by atoms with Gasteiger partial charge in [-0.3, -0.25) is 0 Å². The lowest BCUT2D eigenvalue weighted by Gasteiger charge is -2.03. The van der Waals surface area contributed by atoms with Crippen molar-refractivity contribution in [1.29, 1.82) is 0 Å². The van der Waals surface area contributed by atoms with Crippen molar-refractivity contribution in [3.8, 4) is 0 Å². The second-order valence-electron chi connectivity index (χ2n) is 5.61. The smallest absolute Gasteiger partial charge is 0.250 e. The van der Waals surface area contributed by atoms with Gasteiger partial charge in [0.1, 0.15) is 5.52 Å². The summed E-state index contributed by atoms with van der Waals surface area (Å²) in [7, 11) is 0. The number of para-hydroxylation sites is 2. The van der Waals surface area contributed by atoms with Crippen LogP contribution in [0.1, 0.15) is 0 Å². The zero-order chi connectivity index (χ0) is 16.3. The molecule has 0 amide bonds. The zero-order valence-corrected chi connectivity index (χ0v) is 12.4. The number of hydrogen-bond donors (Lipinski definition) is 0. The Hall–Kier alpha value is -3.54. The van der Waals surface area contributed by atoms with E-state index in [0.29, 0.717) is 33.2 Å². The highest BCUT2D eigenvalue weighted by Gasteiger charge is 2.17. The van der Waals surface area contributed by atoms with Crippen LogP contribution in [0.25, 0.3) is 33.2 Å². The summed E-state index contributed by atoms with van der Waals surface area (Å²) in [6.45, 7) is 0. The fraction of sp³-hybridized carbons (Fsp3) is 0. The molecule has 5 rings (SSSR count). The molecule has 5 aromatic rings. The summed E-state index contributed by atoms with van der Waals surface area (Å²) < 4.78 is 2.88. The van der Waals surface area contributed by atoms with E-state index in [0.717, 1.165) is 0 Å². The first kappa shape index (κ1) is 13.0. The number of rotatable bonds is 0. The van der Waals surface area contributed by atoms with Gasteiger partial charge in [-0.05, 0) is 24.3 Å². The number of aromatic nitrogens is 4. The molecule has 3 heterocycles. The van der Waals surface area contributed by atoms with Gasteiger partial charge < -0.3 is 0 Å². The summed E-state index contributed by atoms with van der Waals surface area (Å²) in [6.07, 6.45) is 1.64. The molecule has 114 valence electrons. The van der Waals surface area contributed by atoms with E-state index in [2.05, 4.69) is 9.97 Å². The molecule has 0 aliphatic rings. The molecular weight excluding hydrogens is 304 g/mol. The van der Waals surface area contributed by atoms with Crippen molar-refractivity contribution in [3.63, 3.8) is 0 Å². The quantitative estimate of drug-likeness (QED) is 0.321. The Bertz CT molecular complexity index is 1400.